The highest BCUT2D eigenvalue weighted by Crippen LogP contribution is 2.37. The molecule has 0 radical (unpaired) electrons. The Kier molecular flexibility index (Phi) is 4.36. The topological polar surface area (TPSA) is 114 Å². The summed E-state index contributed by atoms with van der Waals surface area (Å²) in [4.78, 5) is 21.2. The molecule has 29 heavy (non-hydrogen) atoms. The maximum atomic E-state index is 12.6. The van der Waals surface area contributed by atoms with Gasteiger partial charge in [0.05, 0.1) is 12.7 Å². The molecule has 1 aliphatic heterocycles. The fourth-order valence-corrected chi connectivity index (χ4v) is 3.58. The first kappa shape index (κ1) is 18.0. The maximum absolute atomic E-state index is 12.6. The third-order valence-electron chi connectivity index (χ3n) is 4.99. The fraction of sp³-hybridized carbons (Fsp3) is 0.333. The molecule has 10 nitrogen and oxygen atoms in total. The van der Waals surface area contributed by atoms with E-state index in [1.165, 1.54) is 15.6 Å². The van der Waals surface area contributed by atoms with E-state index in [4.69, 9.17) is 20.9 Å². The Hall–Kier alpha value is -3.11. The zero-order valence-electron chi connectivity index (χ0n) is 15.4. The largest absolute Gasteiger partial charge is 0.373 e. The normalized spacial score (nSPS) is 19.2. The Balaban J connectivity index is 1.32. The predicted molar refractivity (Wildman–Crippen MR) is 101 cm³/mol. The molecule has 5 rings (SSSR count). The number of benzene rings is 1. The van der Waals surface area contributed by atoms with Gasteiger partial charge in [-0.2, -0.15) is 4.98 Å². The van der Waals surface area contributed by atoms with E-state index in [-0.39, 0.29) is 24.1 Å². The summed E-state index contributed by atoms with van der Waals surface area (Å²) >= 11 is 5.95. The van der Waals surface area contributed by atoms with E-state index in [0.717, 1.165) is 12.0 Å². The average molecular weight is 414 g/mol. The van der Waals surface area contributed by atoms with Crippen LogP contribution < -0.4 is 5.56 Å². The molecule has 148 valence electrons. The van der Waals surface area contributed by atoms with Crippen LogP contribution in [0.2, 0.25) is 5.02 Å². The van der Waals surface area contributed by atoms with Gasteiger partial charge in [-0.1, -0.05) is 34.1 Å². The number of ether oxygens (including phenoxy) is 1. The first-order valence-corrected chi connectivity index (χ1v) is 9.40. The van der Waals surface area contributed by atoms with Crippen LogP contribution in [0.15, 0.2) is 39.9 Å². The van der Waals surface area contributed by atoms with Crippen LogP contribution in [0.5, 0.6) is 0 Å². The summed E-state index contributed by atoms with van der Waals surface area (Å²) in [5, 5.41) is 12.4. The molecule has 0 amide bonds. The zero-order chi connectivity index (χ0) is 20.0. The van der Waals surface area contributed by atoms with Crippen LogP contribution in [0.3, 0.4) is 0 Å². The number of hydrogen-bond acceptors (Lipinski definition) is 8. The van der Waals surface area contributed by atoms with Crippen molar-refractivity contribution in [1.29, 1.82) is 0 Å². The Labute approximate surface area is 169 Å². The van der Waals surface area contributed by atoms with E-state index >= 15 is 0 Å². The van der Waals surface area contributed by atoms with Gasteiger partial charge in [0.15, 0.2) is 11.3 Å². The summed E-state index contributed by atoms with van der Waals surface area (Å²) in [5.74, 6) is 0.917. The molecule has 2 atom stereocenters. The van der Waals surface area contributed by atoms with Gasteiger partial charge >= 0.3 is 0 Å². The van der Waals surface area contributed by atoms with E-state index in [2.05, 4.69) is 25.4 Å². The van der Waals surface area contributed by atoms with E-state index < -0.39 is 0 Å². The summed E-state index contributed by atoms with van der Waals surface area (Å²) in [5.41, 5.74) is 1.42. The first-order chi connectivity index (χ1) is 14.1. The molecule has 4 heterocycles. The first-order valence-electron chi connectivity index (χ1n) is 9.03. The summed E-state index contributed by atoms with van der Waals surface area (Å²) in [7, 11) is 1.64. The highest BCUT2D eigenvalue weighted by atomic mass is 35.5. The molecule has 0 unspecified atom stereocenters. The van der Waals surface area contributed by atoms with Gasteiger partial charge in [-0.25, -0.2) is 9.67 Å². The lowest BCUT2D eigenvalue weighted by Crippen LogP contribution is -2.22. The lowest BCUT2D eigenvalue weighted by molar-refractivity contribution is 0.110. The van der Waals surface area contributed by atoms with E-state index in [0.29, 0.717) is 34.5 Å². The van der Waals surface area contributed by atoms with Gasteiger partial charge < -0.3 is 9.26 Å². The summed E-state index contributed by atoms with van der Waals surface area (Å²) in [6.07, 6.45) is 2.11. The number of rotatable bonds is 4. The van der Waals surface area contributed by atoms with E-state index in [9.17, 15) is 4.79 Å². The van der Waals surface area contributed by atoms with Crippen molar-refractivity contribution in [2.75, 3.05) is 6.61 Å². The average Bonchev–Trinajstić information content (AvgIpc) is 3.45. The molecule has 1 saturated heterocycles. The van der Waals surface area contributed by atoms with E-state index in [1.54, 1.807) is 7.05 Å². The lowest BCUT2D eigenvalue weighted by atomic mass is 10.0. The number of halogens is 1. The highest BCUT2D eigenvalue weighted by molar-refractivity contribution is 6.30. The molecule has 1 aliphatic rings. The number of hydrogen-bond donors (Lipinski definition) is 0. The Bertz CT molecular complexity index is 1230. The Morgan fingerprint density at radius 2 is 2.10 bits per heavy atom. The van der Waals surface area contributed by atoms with Crippen LogP contribution in [-0.2, 0) is 18.3 Å². The molecule has 1 fully saturated rings. The minimum Gasteiger partial charge on any atom is -0.373 e. The van der Waals surface area contributed by atoms with Crippen molar-refractivity contribution < 1.29 is 9.26 Å². The SMILES string of the molecule is Cn1nnc2ncn(Cc3nc([C@@H]4CO[C@@H](c5ccc(Cl)cc5)C4)no3)c(=O)c21. The van der Waals surface area contributed by atoms with Crippen molar-refractivity contribution in [3.05, 3.63) is 63.2 Å². The molecule has 0 bridgehead atoms. The van der Waals surface area contributed by atoms with Gasteiger partial charge in [0, 0.05) is 18.0 Å². The smallest absolute Gasteiger partial charge is 0.281 e. The molecule has 0 saturated carbocycles. The second-order valence-electron chi connectivity index (χ2n) is 6.92. The van der Waals surface area contributed by atoms with Crippen LogP contribution in [0.4, 0.5) is 0 Å². The summed E-state index contributed by atoms with van der Waals surface area (Å²) < 4.78 is 14.0. The Morgan fingerprint density at radius 1 is 1.28 bits per heavy atom. The molecule has 4 aromatic rings. The maximum Gasteiger partial charge on any atom is 0.281 e. The van der Waals surface area contributed by atoms with Gasteiger partial charge in [0.1, 0.15) is 12.9 Å². The molecular formula is C18H16ClN7O3. The van der Waals surface area contributed by atoms with Gasteiger partial charge in [0.2, 0.25) is 11.5 Å². The van der Waals surface area contributed by atoms with Crippen molar-refractivity contribution >= 4 is 22.8 Å². The number of nitrogens with zero attached hydrogens (tertiary/aromatic N) is 7. The molecule has 11 heteroatoms. The third-order valence-corrected chi connectivity index (χ3v) is 5.24. The molecule has 1 aromatic carbocycles. The Morgan fingerprint density at radius 3 is 2.93 bits per heavy atom. The molecule has 0 aliphatic carbocycles. The van der Waals surface area contributed by atoms with Crippen LogP contribution in [-0.4, -0.2) is 41.3 Å². The quantitative estimate of drug-likeness (QED) is 0.498. The predicted octanol–water partition coefficient (Wildman–Crippen LogP) is 1.85. The van der Waals surface area contributed by atoms with Crippen molar-refractivity contribution in [2.24, 2.45) is 7.05 Å². The van der Waals surface area contributed by atoms with Crippen LogP contribution in [0, 0.1) is 0 Å². The summed E-state index contributed by atoms with van der Waals surface area (Å²) in [6, 6.07) is 7.61. The second-order valence-corrected chi connectivity index (χ2v) is 7.35. The third kappa shape index (κ3) is 3.30. The number of fused-ring (bicyclic) bond motifs is 1. The summed E-state index contributed by atoms with van der Waals surface area (Å²) in [6.45, 7) is 0.620. The molecule has 3 aromatic heterocycles. The molecule has 0 N–H and O–H groups in total. The van der Waals surface area contributed by atoms with Crippen molar-refractivity contribution in [3.63, 3.8) is 0 Å². The van der Waals surface area contributed by atoms with Crippen LogP contribution in [0.1, 0.15) is 35.7 Å². The van der Waals surface area contributed by atoms with E-state index in [1.807, 2.05) is 24.3 Å². The van der Waals surface area contributed by atoms with Gasteiger partial charge in [-0.05, 0) is 24.1 Å². The van der Waals surface area contributed by atoms with Gasteiger partial charge in [0.25, 0.3) is 5.56 Å². The van der Waals surface area contributed by atoms with Crippen molar-refractivity contribution in [2.45, 2.75) is 25.0 Å². The lowest BCUT2D eigenvalue weighted by Gasteiger charge is -2.09. The molecule has 0 spiro atoms. The molecular weight excluding hydrogens is 398 g/mol. The van der Waals surface area contributed by atoms with Crippen molar-refractivity contribution in [3.8, 4) is 0 Å². The van der Waals surface area contributed by atoms with Crippen LogP contribution in [0.25, 0.3) is 11.2 Å². The standard InChI is InChI=1S/C18H16ClN7O3/c1-25-15-17(22-24-25)20-9-26(18(15)27)7-14-21-16(23-29-14)11-6-13(28-8-11)10-2-4-12(19)5-3-10/h2-5,9,11,13H,6-8H2,1H3/t11-,13+/m0/s1. The van der Waals surface area contributed by atoms with Crippen LogP contribution >= 0.6 is 11.6 Å². The zero-order valence-corrected chi connectivity index (χ0v) is 16.2. The van der Waals surface area contributed by atoms with Crippen molar-refractivity contribution in [1.82, 2.24) is 34.7 Å². The monoisotopic (exact) mass is 413 g/mol. The number of aryl methyl sites for hydroxylation is 1. The minimum absolute atomic E-state index is 0.0202. The fourth-order valence-electron chi connectivity index (χ4n) is 3.45. The van der Waals surface area contributed by atoms with Gasteiger partial charge in [-0.3, -0.25) is 9.36 Å². The second kappa shape index (κ2) is 7.05. The highest BCUT2D eigenvalue weighted by Gasteiger charge is 2.31. The number of aromatic nitrogens is 7. The van der Waals surface area contributed by atoms with Gasteiger partial charge in [-0.15, -0.1) is 5.10 Å². The minimum atomic E-state index is -0.269.